The van der Waals surface area contributed by atoms with Crippen LogP contribution in [0, 0.1) is 0 Å². The highest BCUT2D eigenvalue weighted by Crippen LogP contribution is 2.10. The third-order valence-corrected chi connectivity index (χ3v) is 3.32. The van der Waals surface area contributed by atoms with Gasteiger partial charge in [0.1, 0.15) is 0 Å². The van der Waals surface area contributed by atoms with Gasteiger partial charge in [-0.15, -0.1) is 0 Å². The number of hydrazone groups is 1. The number of hydrogen-bond acceptors (Lipinski definition) is 3. The molecule has 0 radical (unpaired) electrons. The minimum absolute atomic E-state index is 0.160. The molecule has 4 nitrogen and oxygen atoms in total. The van der Waals surface area contributed by atoms with Gasteiger partial charge in [0.2, 0.25) is 0 Å². The molecule has 2 rings (SSSR count). The average molecular weight is 346 g/mol. The molecule has 0 aromatic heterocycles. The van der Waals surface area contributed by atoms with Crippen molar-refractivity contribution >= 4 is 33.7 Å². The topological polar surface area (TPSA) is 44.7 Å². The van der Waals surface area contributed by atoms with E-state index in [1.807, 2.05) is 66.5 Å². The second-order valence-corrected chi connectivity index (χ2v) is 5.46. The second-order valence-electron chi connectivity index (χ2n) is 4.54. The summed E-state index contributed by atoms with van der Waals surface area (Å²) in [5, 5.41) is 3.96. The molecular weight excluding hydrogens is 330 g/mol. The Labute approximate surface area is 132 Å². The number of nitrogens with one attached hydrogen (secondary N) is 1. The molecule has 0 spiro atoms. The molecule has 0 fully saturated rings. The summed E-state index contributed by atoms with van der Waals surface area (Å²) in [7, 11) is 1.87. The minimum Gasteiger partial charge on any atom is -0.365 e. The summed E-state index contributed by atoms with van der Waals surface area (Å²) in [6.45, 7) is 0.250. The minimum atomic E-state index is -0.160. The first-order valence-corrected chi connectivity index (χ1v) is 7.28. The van der Waals surface area contributed by atoms with Crippen molar-refractivity contribution in [3.8, 4) is 0 Å². The Balaban J connectivity index is 1.85. The van der Waals surface area contributed by atoms with Crippen molar-refractivity contribution in [3.05, 3.63) is 64.6 Å². The Morgan fingerprint density at radius 1 is 1.24 bits per heavy atom. The zero-order chi connectivity index (χ0) is 15.1. The molecule has 2 aromatic rings. The molecule has 5 heteroatoms. The zero-order valence-corrected chi connectivity index (χ0v) is 13.2. The van der Waals surface area contributed by atoms with Crippen molar-refractivity contribution in [3.63, 3.8) is 0 Å². The average Bonchev–Trinajstić information content (AvgIpc) is 2.48. The molecule has 0 heterocycles. The predicted octanol–water partition coefficient (Wildman–Crippen LogP) is 3.04. The molecule has 21 heavy (non-hydrogen) atoms. The van der Waals surface area contributed by atoms with Gasteiger partial charge in [0.25, 0.3) is 5.91 Å². The van der Waals surface area contributed by atoms with Crippen LogP contribution in [-0.2, 0) is 4.79 Å². The number of para-hydroxylation sites is 1. The molecule has 0 saturated heterocycles. The third kappa shape index (κ3) is 5.04. The lowest BCUT2D eigenvalue weighted by Crippen LogP contribution is -2.32. The molecule has 0 atom stereocenters. The van der Waals surface area contributed by atoms with Crippen LogP contribution in [0.1, 0.15) is 5.56 Å². The first-order chi connectivity index (χ1) is 10.1. The normalized spacial score (nSPS) is 10.6. The van der Waals surface area contributed by atoms with Gasteiger partial charge in [-0.25, -0.2) is 5.43 Å². The van der Waals surface area contributed by atoms with E-state index in [9.17, 15) is 4.79 Å². The van der Waals surface area contributed by atoms with Crippen LogP contribution in [0.2, 0.25) is 0 Å². The molecule has 0 aliphatic heterocycles. The van der Waals surface area contributed by atoms with Gasteiger partial charge in [-0.3, -0.25) is 4.79 Å². The van der Waals surface area contributed by atoms with Gasteiger partial charge >= 0.3 is 0 Å². The molecular formula is C16H16BrN3O. The number of anilines is 1. The highest BCUT2D eigenvalue weighted by molar-refractivity contribution is 9.10. The monoisotopic (exact) mass is 345 g/mol. The fourth-order valence-electron chi connectivity index (χ4n) is 1.79. The highest BCUT2D eigenvalue weighted by atomic mass is 79.9. The van der Waals surface area contributed by atoms with E-state index in [1.54, 1.807) is 6.21 Å². The number of likely N-dealkylation sites (N-methyl/N-ethyl adjacent to an activating group) is 1. The maximum atomic E-state index is 11.8. The van der Waals surface area contributed by atoms with Crippen LogP contribution in [0.15, 0.2) is 64.2 Å². The maximum Gasteiger partial charge on any atom is 0.259 e. The lowest BCUT2D eigenvalue weighted by molar-refractivity contribution is -0.119. The van der Waals surface area contributed by atoms with Crippen molar-refractivity contribution in [2.24, 2.45) is 5.10 Å². The van der Waals surface area contributed by atoms with Gasteiger partial charge in [0, 0.05) is 17.2 Å². The van der Waals surface area contributed by atoms with Gasteiger partial charge in [-0.05, 0) is 29.8 Å². The van der Waals surface area contributed by atoms with Crippen molar-refractivity contribution < 1.29 is 4.79 Å². The fraction of sp³-hybridized carbons (Fsp3) is 0.125. The van der Waals surface area contributed by atoms with E-state index in [0.29, 0.717) is 0 Å². The number of halogens is 1. The van der Waals surface area contributed by atoms with Gasteiger partial charge < -0.3 is 4.90 Å². The summed E-state index contributed by atoms with van der Waals surface area (Å²) in [6, 6.07) is 17.4. The zero-order valence-electron chi connectivity index (χ0n) is 11.7. The standard InChI is InChI=1S/C16H16BrN3O/c1-20(15-8-3-2-4-9-15)12-16(21)19-18-11-13-6-5-7-14(17)10-13/h2-11H,12H2,1H3,(H,19,21). The first kappa shape index (κ1) is 15.3. The van der Waals surface area contributed by atoms with Crippen LogP contribution < -0.4 is 10.3 Å². The van der Waals surface area contributed by atoms with Gasteiger partial charge in [-0.1, -0.05) is 46.3 Å². The Morgan fingerprint density at radius 2 is 2.00 bits per heavy atom. The Morgan fingerprint density at radius 3 is 2.71 bits per heavy atom. The van der Waals surface area contributed by atoms with Gasteiger partial charge in [0.05, 0.1) is 12.8 Å². The molecule has 1 N–H and O–H groups in total. The number of carbonyl (C=O) groups is 1. The highest BCUT2D eigenvalue weighted by Gasteiger charge is 2.05. The van der Waals surface area contributed by atoms with Crippen LogP contribution >= 0.6 is 15.9 Å². The summed E-state index contributed by atoms with van der Waals surface area (Å²) in [4.78, 5) is 13.7. The van der Waals surface area contributed by atoms with E-state index in [-0.39, 0.29) is 12.5 Å². The Bertz CT molecular complexity index is 628. The molecule has 0 bridgehead atoms. The SMILES string of the molecule is CN(CC(=O)NN=Cc1cccc(Br)c1)c1ccccc1. The third-order valence-electron chi connectivity index (χ3n) is 2.83. The molecule has 108 valence electrons. The number of amides is 1. The quantitative estimate of drug-likeness (QED) is 0.668. The van der Waals surface area contributed by atoms with E-state index in [1.165, 1.54) is 0 Å². The summed E-state index contributed by atoms with van der Waals surface area (Å²) < 4.78 is 0.974. The number of nitrogens with zero attached hydrogens (tertiary/aromatic N) is 2. The summed E-state index contributed by atoms with van der Waals surface area (Å²) >= 11 is 3.39. The molecule has 0 aliphatic rings. The van der Waals surface area contributed by atoms with E-state index in [4.69, 9.17) is 0 Å². The van der Waals surface area contributed by atoms with Crippen LogP contribution in [0.5, 0.6) is 0 Å². The number of rotatable bonds is 5. The smallest absolute Gasteiger partial charge is 0.259 e. The van der Waals surface area contributed by atoms with E-state index in [2.05, 4.69) is 26.5 Å². The largest absolute Gasteiger partial charge is 0.365 e. The van der Waals surface area contributed by atoms with E-state index in [0.717, 1.165) is 15.7 Å². The summed E-state index contributed by atoms with van der Waals surface area (Å²) in [5.41, 5.74) is 4.43. The summed E-state index contributed by atoms with van der Waals surface area (Å²) in [5.74, 6) is -0.160. The van der Waals surface area contributed by atoms with Crippen LogP contribution in [0.25, 0.3) is 0 Å². The molecule has 0 aliphatic carbocycles. The fourth-order valence-corrected chi connectivity index (χ4v) is 2.21. The first-order valence-electron chi connectivity index (χ1n) is 6.49. The van der Waals surface area contributed by atoms with Crippen LogP contribution in [0.4, 0.5) is 5.69 Å². The van der Waals surface area contributed by atoms with E-state index >= 15 is 0 Å². The van der Waals surface area contributed by atoms with Gasteiger partial charge in [-0.2, -0.15) is 5.10 Å². The van der Waals surface area contributed by atoms with Crippen LogP contribution in [0.3, 0.4) is 0 Å². The predicted molar refractivity (Wildman–Crippen MR) is 89.6 cm³/mol. The number of carbonyl (C=O) groups excluding carboxylic acids is 1. The lowest BCUT2D eigenvalue weighted by Gasteiger charge is -2.17. The molecule has 1 amide bonds. The molecule has 0 unspecified atom stereocenters. The Hall–Kier alpha value is -2.14. The molecule has 0 saturated carbocycles. The number of benzene rings is 2. The van der Waals surface area contributed by atoms with Crippen molar-refractivity contribution in [2.45, 2.75) is 0 Å². The van der Waals surface area contributed by atoms with Crippen molar-refractivity contribution in [2.75, 3.05) is 18.5 Å². The van der Waals surface area contributed by atoms with Crippen molar-refractivity contribution in [1.29, 1.82) is 0 Å². The van der Waals surface area contributed by atoms with E-state index < -0.39 is 0 Å². The summed E-state index contributed by atoms with van der Waals surface area (Å²) in [6.07, 6.45) is 1.62. The lowest BCUT2D eigenvalue weighted by atomic mass is 10.2. The maximum absolute atomic E-state index is 11.8. The van der Waals surface area contributed by atoms with Crippen molar-refractivity contribution in [1.82, 2.24) is 5.43 Å². The number of hydrogen-bond donors (Lipinski definition) is 1. The Kier molecular flexibility index (Phi) is 5.51. The molecule has 2 aromatic carbocycles. The van der Waals surface area contributed by atoms with Gasteiger partial charge in [0.15, 0.2) is 0 Å². The van der Waals surface area contributed by atoms with Crippen LogP contribution in [-0.4, -0.2) is 25.7 Å². The second kappa shape index (κ2) is 7.59.